The third-order valence-corrected chi connectivity index (χ3v) is 5.25. The Morgan fingerprint density at radius 1 is 1.11 bits per heavy atom. The summed E-state index contributed by atoms with van der Waals surface area (Å²) >= 11 is 13.4. The molecule has 0 saturated heterocycles. The second kappa shape index (κ2) is 9.12. The smallest absolute Gasteiger partial charge is 0.234 e. The van der Waals surface area contributed by atoms with Crippen LogP contribution in [0.3, 0.4) is 0 Å². The fourth-order valence-electron chi connectivity index (χ4n) is 2.18. The van der Waals surface area contributed by atoms with E-state index in [1.54, 1.807) is 22.8 Å². The number of thioether (sulfide) groups is 1. The van der Waals surface area contributed by atoms with Crippen LogP contribution in [-0.4, -0.2) is 26.4 Å². The highest BCUT2D eigenvalue weighted by Gasteiger charge is 2.14. The normalized spacial score (nSPS) is 10.6. The number of rotatable bonds is 7. The van der Waals surface area contributed by atoms with Crippen molar-refractivity contribution < 1.29 is 9.53 Å². The summed E-state index contributed by atoms with van der Waals surface area (Å²) in [6, 6.07) is 14.5. The number of para-hydroxylation sites is 2. The lowest BCUT2D eigenvalue weighted by Crippen LogP contribution is -2.15. The molecule has 0 unspecified atom stereocenters. The summed E-state index contributed by atoms with van der Waals surface area (Å²) in [6.45, 7) is 0.287. The Morgan fingerprint density at radius 2 is 1.81 bits per heavy atom. The van der Waals surface area contributed by atoms with Crippen LogP contribution in [0, 0.1) is 0 Å². The van der Waals surface area contributed by atoms with E-state index in [0.717, 1.165) is 5.75 Å². The molecule has 2 aromatic carbocycles. The zero-order chi connectivity index (χ0) is 19.2. The van der Waals surface area contributed by atoms with Crippen molar-refractivity contribution in [2.75, 3.05) is 11.1 Å². The predicted octanol–water partition coefficient (Wildman–Crippen LogP) is 4.43. The molecule has 1 N–H and O–H groups in total. The van der Waals surface area contributed by atoms with E-state index in [1.165, 1.54) is 11.8 Å². The zero-order valence-electron chi connectivity index (χ0n) is 14.4. The third kappa shape index (κ3) is 5.15. The first-order valence-corrected chi connectivity index (χ1v) is 9.71. The van der Waals surface area contributed by atoms with Crippen LogP contribution in [0.25, 0.3) is 0 Å². The molecule has 1 heterocycles. The lowest BCUT2D eigenvalue weighted by molar-refractivity contribution is -0.113. The van der Waals surface area contributed by atoms with Crippen molar-refractivity contribution in [2.24, 2.45) is 7.05 Å². The summed E-state index contributed by atoms with van der Waals surface area (Å²) in [6.07, 6.45) is 0. The quantitative estimate of drug-likeness (QED) is 0.570. The first-order valence-electron chi connectivity index (χ1n) is 7.97. The highest BCUT2D eigenvalue weighted by molar-refractivity contribution is 7.99. The summed E-state index contributed by atoms with van der Waals surface area (Å²) < 4.78 is 7.47. The van der Waals surface area contributed by atoms with Crippen LogP contribution >= 0.6 is 35.0 Å². The number of hydrogen-bond donors (Lipinski definition) is 1. The molecular weight excluding hydrogens is 407 g/mol. The van der Waals surface area contributed by atoms with E-state index >= 15 is 0 Å². The number of ether oxygens (including phenoxy) is 1. The van der Waals surface area contributed by atoms with E-state index in [1.807, 2.05) is 37.4 Å². The van der Waals surface area contributed by atoms with E-state index in [0.29, 0.717) is 26.7 Å². The maximum Gasteiger partial charge on any atom is 0.234 e. The molecule has 0 saturated carbocycles. The van der Waals surface area contributed by atoms with Gasteiger partial charge in [-0.2, -0.15) is 0 Å². The number of amides is 1. The number of carbonyl (C=O) groups excluding carboxylic acids is 1. The number of nitrogens with zero attached hydrogens (tertiary/aromatic N) is 3. The average Bonchev–Trinajstić information content (AvgIpc) is 3.02. The molecule has 1 aromatic heterocycles. The molecule has 3 rings (SSSR count). The molecule has 0 atom stereocenters. The van der Waals surface area contributed by atoms with Crippen molar-refractivity contribution in [3.8, 4) is 5.75 Å². The molecule has 0 aliphatic rings. The van der Waals surface area contributed by atoms with Gasteiger partial charge in [-0.3, -0.25) is 4.79 Å². The van der Waals surface area contributed by atoms with Gasteiger partial charge in [0.15, 0.2) is 11.0 Å². The maximum atomic E-state index is 12.2. The van der Waals surface area contributed by atoms with Crippen molar-refractivity contribution in [3.05, 3.63) is 64.4 Å². The van der Waals surface area contributed by atoms with Gasteiger partial charge in [-0.15, -0.1) is 10.2 Å². The van der Waals surface area contributed by atoms with Crippen LogP contribution in [0.15, 0.2) is 53.7 Å². The van der Waals surface area contributed by atoms with E-state index < -0.39 is 0 Å². The molecule has 0 fully saturated rings. The lowest BCUT2D eigenvalue weighted by Gasteiger charge is -2.09. The molecule has 0 radical (unpaired) electrons. The molecular formula is C18H16Cl2N4O2S. The van der Waals surface area contributed by atoms with Crippen LogP contribution in [0.2, 0.25) is 10.0 Å². The zero-order valence-corrected chi connectivity index (χ0v) is 16.7. The van der Waals surface area contributed by atoms with Crippen molar-refractivity contribution in [3.63, 3.8) is 0 Å². The van der Waals surface area contributed by atoms with E-state index in [2.05, 4.69) is 15.5 Å². The number of anilines is 1. The largest absolute Gasteiger partial charge is 0.486 e. The molecule has 27 heavy (non-hydrogen) atoms. The molecule has 3 aromatic rings. The van der Waals surface area contributed by atoms with Gasteiger partial charge in [-0.05, 0) is 24.3 Å². The molecule has 6 nitrogen and oxygen atoms in total. The number of nitrogens with one attached hydrogen (secondary N) is 1. The summed E-state index contributed by atoms with van der Waals surface area (Å²) in [5.41, 5.74) is 0.404. The van der Waals surface area contributed by atoms with E-state index in [-0.39, 0.29) is 18.3 Å². The van der Waals surface area contributed by atoms with Gasteiger partial charge in [-0.25, -0.2) is 0 Å². The topological polar surface area (TPSA) is 69.0 Å². The van der Waals surface area contributed by atoms with Crippen LogP contribution in [0.5, 0.6) is 5.75 Å². The molecule has 1 amide bonds. The highest BCUT2D eigenvalue weighted by atomic mass is 35.5. The Bertz CT molecular complexity index is 914. The fraction of sp³-hybridized carbons (Fsp3) is 0.167. The third-order valence-electron chi connectivity index (χ3n) is 3.60. The Morgan fingerprint density at radius 3 is 2.52 bits per heavy atom. The van der Waals surface area contributed by atoms with Crippen molar-refractivity contribution in [1.82, 2.24) is 14.8 Å². The number of aromatic nitrogens is 3. The Labute approximate surface area is 170 Å². The Balaban J connectivity index is 1.55. The van der Waals surface area contributed by atoms with Crippen LogP contribution in [-0.2, 0) is 18.4 Å². The lowest BCUT2D eigenvalue weighted by atomic mass is 10.3. The monoisotopic (exact) mass is 422 g/mol. The van der Waals surface area contributed by atoms with E-state index in [4.69, 9.17) is 27.9 Å². The number of halogens is 2. The Kier molecular flexibility index (Phi) is 6.60. The SMILES string of the molecule is Cn1c(COc2ccccc2)nnc1SCC(=O)Nc1c(Cl)cccc1Cl. The number of hydrogen-bond acceptors (Lipinski definition) is 5. The van der Waals surface area contributed by atoms with Crippen molar-refractivity contribution in [1.29, 1.82) is 0 Å². The van der Waals surface area contributed by atoms with E-state index in [9.17, 15) is 4.79 Å². The van der Waals surface area contributed by atoms with Crippen molar-refractivity contribution in [2.45, 2.75) is 11.8 Å². The van der Waals surface area contributed by atoms with Gasteiger partial charge < -0.3 is 14.6 Å². The first-order chi connectivity index (χ1) is 13.0. The summed E-state index contributed by atoms with van der Waals surface area (Å²) in [4.78, 5) is 12.2. The van der Waals surface area contributed by atoms with Gasteiger partial charge in [0, 0.05) is 7.05 Å². The minimum atomic E-state index is -0.236. The molecule has 0 aliphatic heterocycles. The van der Waals surface area contributed by atoms with Crippen LogP contribution in [0.1, 0.15) is 5.82 Å². The van der Waals surface area contributed by atoms with Gasteiger partial charge in [0.1, 0.15) is 12.4 Å². The van der Waals surface area contributed by atoms with Gasteiger partial charge in [-0.1, -0.05) is 59.2 Å². The first kappa shape index (κ1) is 19.5. The second-order valence-corrected chi connectivity index (χ2v) is 7.25. The maximum absolute atomic E-state index is 12.2. The van der Waals surface area contributed by atoms with Gasteiger partial charge >= 0.3 is 0 Å². The predicted molar refractivity (Wildman–Crippen MR) is 108 cm³/mol. The van der Waals surface area contributed by atoms with Gasteiger partial charge in [0.2, 0.25) is 5.91 Å². The van der Waals surface area contributed by atoms with Crippen LogP contribution in [0.4, 0.5) is 5.69 Å². The Hall–Kier alpha value is -2.22. The molecule has 9 heteroatoms. The highest BCUT2D eigenvalue weighted by Crippen LogP contribution is 2.30. The summed E-state index contributed by atoms with van der Waals surface area (Å²) in [5.74, 6) is 1.33. The van der Waals surface area contributed by atoms with Crippen molar-refractivity contribution >= 4 is 46.6 Å². The molecule has 0 bridgehead atoms. The molecule has 0 aliphatic carbocycles. The number of benzene rings is 2. The number of carbonyl (C=O) groups is 1. The minimum absolute atomic E-state index is 0.146. The average molecular weight is 423 g/mol. The minimum Gasteiger partial charge on any atom is -0.486 e. The summed E-state index contributed by atoms with van der Waals surface area (Å²) in [5, 5.41) is 12.3. The van der Waals surface area contributed by atoms with Crippen LogP contribution < -0.4 is 10.1 Å². The molecule has 140 valence electrons. The molecule has 0 spiro atoms. The second-order valence-electron chi connectivity index (χ2n) is 5.49. The summed E-state index contributed by atoms with van der Waals surface area (Å²) in [7, 11) is 1.83. The van der Waals surface area contributed by atoms with Gasteiger partial charge in [0.25, 0.3) is 0 Å². The standard InChI is InChI=1S/C18H16Cl2N4O2S/c1-24-15(10-26-12-6-3-2-4-7-12)22-23-18(24)27-11-16(25)21-17-13(19)8-5-9-14(17)20/h2-9H,10-11H2,1H3,(H,21,25). The fourth-order valence-corrected chi connectivity index (χ4v) is 3.41. The van der Waals surface area contributed by atoms with Gasteiger partial charge in [0.05, 0.1) is 21.5 Å².